The predicted molar refractivity (Wildman–Crippen MR) is 130 cm³/mol. The first-order chi connectivity index (χ1) is 15.4. The van der Waals surface area contributed by atoms with Crippen LogP contribution in [0.2, 0.25) is 0 Å². The zero-order chi connectivity index (χ0) is 24.1. The van der Waals surface area contributed by atoms with E-state index in [1.165, 1.54) is 0 Å². The van der Waals surface area contributed by atoms with E-state index in [0.29, 0.717) is 17.9 Å². The molecule has 3 heterocycles. The Morgan fingerprint density at radius 2 is 1.97 bits per heavy atom. The molecule has 33 heavy (non-hydrogen) atoms. The van der Waals surface area contributed by atoms with E-state index in [0.717, 1.165) is 29.6 Å². The van der Waals surface area contributed by atoms with Crippen molar-refractivity contribution in [2.45, 2.75) is 60.0 Å². The number of hydrogen-bond acceptors (Lipinski definition) is 4. The molecule has 0 radical (unpaired) electrons. The Morgan fingerprint density at radius 1 is 1.24 bits per heavy atom. The summed E-state index contributed by atoms with van der Waals surface area (Å²) >= 11 is 0. The lowest BCUT2D eigenvalue weighted by molar-refractivity contribution is 0.0904. The number of pyridine rings is 1. The number of fused-ring (bicyclic) bond motifs is 1. The van der Waals surface area contributed by atoms with Crippen LogP contribution in [0.5, 0.6) is 0 Å². The molecule has 0 aromatic carbocycles. The highest BCUT2D eigenvalue weighted by molar-refractivity contribution is 5.92. The zero-order valence-corrected chi connectivity index (χ0v) is 20.6. The van der Waals surface area contributed by atoms with Crippen LogP contribution in [0.4, 0.5) is 0 Å². The number of carbonyl (C=O) groups is 1. The van der Waals surface area contributed by atoms with Gasteiger partial charge in [-0.2, -0.15) is 0 Å². The third kappa shape index (κ3) is 4.51. The molecular weight excluding hydrogens is 416 g/mol. The summed E-state index contributed by atoms with van der Waals surface area (Å²) in [5.41, 5.74) is 3.69. The maximum absolute atomic E-state index is 12.9. The number of imidazole rings is 2. The first-order valence-corrected chi connectivity index (χ1v) is 11.4. The Labute approximate surface area is 194 Å². The van der Waals surface area contributed by atoms with Crippen LogP contribution in [0, 0.1) is 10.8 Å². The van der Waals surface area contributed by atoms with Gasteiger partial charge in [-0.15, -0.1) is 0 Å². The van der Waals surface area contributed by atoms with E-state index in [9.17, 15) is 9.59 Å². The standard InChI is InChI=1S/C25H34N6O2/c1-24(2,3)14-31-19-9-8-17(27-21(19)30(7)23(31)33)16-10-11-25(4,5)20(12-16)28-22(32)18-13-29(6)15-26-18/h8-9,12-13,15,20H,10-11,14H2,1-7H3,(H,28,32). The van der Waals surface area contributed by atoms with Gasteiger partial charge in [0, 0.05) is 26.8 Å². The highest BCUT2D eigenvalue weighted by atomic mass is 16.2. The van der Waals surface area contributed by atoms with Gasteiger partial charge < -0.3 is 9.88 Å². The van der Waals surface area contributed by atoms with Gasteiger partial charge in [-0.1, -0.05) is 40.7 Å². The van der Waals surface area contributed by atoms with Crippen LogP contribution in [0.1, 0.15) is 63.6 Å². The monoisotopic (exact) mass is 450 g/mol. The molecule has 0 spiro atoms. The second-order valence-electron chi connectivity index (χ2n) is 11.1. The first kappa shape index (κ1) is 23.0. The summed E-state index contributed by atoms with van der Waals surface area (Å²) in [4.78, 5) is 34.7. The molecule has 1 unspecified atom stereocenters. The van der Waals surface area contributed by atoms with Crippen molar-refractivity contribution in [3.63, 3.8) is 0 Å². The normalized spacial score (nSPS) is 18.4. The summed E-state index contributed by atoms with van der Waals surface area (Å²) in [6, 6.07) is 3.83. The number of aryl methyl sites for hydroxylation is 2. The molecule has 0 bridgehead atoms. The van der Waals surface area contributed by atoms with Crippen LogP contribution < -0.4 is 11.0 Å². The Bertz CT molecular complexity index is 1300. The number of nitrogens with one attached hydrogen (secondary N) is 1. The van der Waals surface area contributed by atoms with Gasteiger partial charge in [-0.3, -0.25) is 13.9 Å². The van der Waals surface area contributed by atoms with Crippen molar-refractivity contribution in [3.8, 4) is 0 Å². The fourth-order valence-electron chi connectivity index (χ4n) is 4.40. The first-order valence-electron chi connectivity index (χ1n) is 11.4. The second-order valence-corrected chi connectivity index (χ2v) is 11.1. The number of hydrogen-bond donors (Lipinski definition) is 1. The van der Waals surface area contributed by atoms with Crippen LogP contribution in [-0.4, -0.2) is 35.6 Å². The highest BCUT2D eigenvalue weighted by Crippen LogP contribution is 2.38. The Hall–Kier alpha value is -3.16. The predicted octanol–water partition coefficient (Wildman–Crippen LogP) is 3.52. The van der Waals surface area contributed by atoms with Crippen molar-refractivity contribution in [3.05, 3.63) is 52.6 Å². The van der Waals surface area contributed by atoms with Crippen LogP contribution >= 0.6 is 0 Å². The summed E-state index contributed by atoms with van der Waals surface area (Å²) in [7, 11) is 3.62. The van der Waals surface area contributed by atoms with Crippen molar-refractivity contribution >= 4 is 22.6 Å². The summed E-state index contributed by atoms with van der Waals surface area (Å²) in [5.74, 6) is -0.184. The van der Waals surface area contributed by atoms with E-state index in [4.69, 9.17) is 4.98 Å². The molecule has 0 saturated carbocycles. The molecule has 3 aromatic rings. The average molecular weight is 451 g/mol. The molecule has 176 valence electrons. The van der Waals surface area contributed by atoms with Crippen molar-refractivity contribution < 1.29 is 4.79 Å². The van der Waals surface area contributed by atoms with Gasteiger partial charge in [-0.05, 0) is 41.4 Å². The van der Waals surface area contributed by atoms with E-state index < -0.39 is 0 Å². The van der Waals surface area contributed by atoms with Crippen LogP contribution in [0.3, 0.4) is 0 Å². The van der Waals surface area contributed by atoms with Gasteiger partial charge in [0.2, 0.25) is 0 Å². The van der Waals surface area contributed by atoms with Gasteiger partial charge in [0.25, 0.3) is 5.91 Å². The zero-order valence-electron chi connectivity index (χ0n) is 20.6. The fraction of sp³-hybridized carbons (Fsp3) is 0.520. The smallest absolute Gasteiger partial charge is 0.330 e. The lowest BCUT2D eigenvalue weighted by Crippen LogP contribution is -2.45. The minimum Gasteiger partial charge on any atom is -0.344 e. The van der Waals surface area contributed by atoms with Crippen LogP contribution in [0.15, 0.2) is 35.5 Å². The van der Waals surface area contributed by atoms with Crippen molar-refractivity contribution in [2.24, 2.45) is 24.9 Å². The summed E-state index contributed by atoms with van der Waals surface area (Å²) in [6.45, 7) is 11.3. The second kappa shape index (κ2) is 8.01. The molecule has 8 nitrogen and oxygen atoms in total. The molecule has 1 amide bonds. The number of carbonyl (C=O) groups excluding carboxylic acids is 1. The summed E-state index contributed by atoms with van der Waals surface area (Å²) in [6.07, 6.45) is 7.22. The molecule has 1 aliphatic rings. The third-order valence-electron chi connectivity index (χ3n) is 6.41. The molecule has 0 fully saturated rings. The number of amides is 1. The summed E-state index contributed by atoms with van der Waals surface area (Å²) < 4.78 is 5.19. The van der Waals surface area contributed by atoms with Crippen LogP contribution in [0.25, 0.3) is 16.7 Å². The number of rotatable bonds is 4. The average Bonchev–Trinajstić information content (AvgIpc) is 3.26. The summed E-state index contributed by atoms with van der Waals surface area (Å²) in [5, 5.41) is 3.15. The van der Waals surface area contributed by atoms with Crippen molar-refractivity contribution in [1.82, 2.24) is 29.0 Å². The van der Waals surface area contributed by atoms with Gasteiger partial charge >= 0.3 is 5.69 Å². The van der Waals surface area contributed by atoms with E-state index in [1.807, 2.05) is 19.2 Å². The third-order valence-corrected chi connectivity index (χ3v) is 6.41. The SMILES string of the molecule is Cn1cnc(C(=O)NC2C=C(c3ccc4c(n3)n(C)c(=O)n4CC(C)(C)C)CCC2(C)C)c1. The lowest BCUT2D eigenvalue weighted by Gasteiger charge is -2.37. The number of aromatic nitrogens is 5. The number of nitrogens with zero attached hydrogens (tertiary/aromatic N) is 5. The minimum absolute atomic E-state index is 0.0205. The van der Waals surface area contributed by atoms with Gasteiger partial charge in [0.15, 0.2) is 5.65 Å². The fourth-order valence-corrected chi connectivity index (χ4v) is 4.40. The largest absolute Gasteiger partial charge is 0.344 e. The molecular formula is C25H34N6O2. The maximum atomic E-state index is 12.9. The lowest BCUT2D eigenvalue weighted by atomic mass is 9.73. The van der Waals surface area contributed by atoms with Gasteiger partial charge in [0.05, 0.1) is 23.6 Å². The Kier molecular flexibility index (Phi) is 5.58. The molecule has 4 rings (SSSR count). The molecule has 1 N–H and O–H groups in total. The molecule has 8 heteroatoms. The van der Waals surface area contributed by atoms with E-state index >= 15 is 0 Å². The Balaban J connectivity index is 1.68. The molecule has 0 saturated heterocycles. The molecule has 0 aliphatic heterocycles. The molecule has 1 aliphatic carbocycles. The topological polar surface area (TPSA) is 86.7 Å². The Morgan fingerprint density at radius 3 is 2.61 bits per heavy atom. The van der Waals surface area contributed by atoms with E-state index in [1.54, 1.807) is 33.3 Å². The number of allylic oxidation sites excluding steroid dienone is 1. The van der Waals surface area contributed by atoms with E-state index in [2.05, 4.69) is 51.0 Å². The van der Waals surface area contributed by atoms with Gasteiger partial charge in [-0.25, -0.2) is 14.8 Å². The highest BCUT2D eigenvalue weighted by Gasteiger charge is 2.34. The molecule has 3 aromatic heterocycles. The van der Waals surface area contributed by atoms with E-state index in [-0.39, 0.29) is 28.5 Å². The van der Waals surface area contributed by atoms with Crippen molar-refractivity contribution in [2.75, 3.05) is 0 Å². The van der Waals surface area contributed by atoms with Crippen LogP contribution in [-0.2, 0) is 20.6 Å². The minimum atomic E-state index is -0.184. The van der Waals surface area contributed by atoms with Gasteiger partial charge in [0.1, 0.15) is 5.69 Å². The maximum Gasteiger partial charge on any atom is 0.330 e. The van der Waals surface area contributed by atoms with Crippen molar-refractivity contribution in [1.29, 1.82) is 0 Å². The quantitative estimate of drug-likeness (QED) is 0.659. The molecule has 1 atom stereocenters.